The molecule has 2 aromatic heterocycles. The van der Waals surface area contributed by atoms with E-state index in [0.29, 0.717) is 17.8 Å². The lowest BCUT2D eigenvalue weighted by molar-refractivity contribution is 0.302. The van der Waals surface area contributed by atoms with E-state index < -0.39 is 0 Å². The Morgan fingerprint density at radius 3 is 2.70 bits per heavy atom. The average Bonchev–Trinajstić information content (AvgIpc) is 2.98. The lowest BCUT2D eigenvalue weighted by Crippen LogP contribution is -2.07. The number of hydrogen-bond acceptors (Lipinski definition) is 4. The third-order valence-electron chi connectivity index (χ3n) is 4.05. The van der Waals surface area contributed by atoms with E-state index in [0.717, 1.165) is 34.5 Å². The van der Waals surface area contributed by atoms with Crippen LogP contribution in [0.25, 0.3) is 11.0 Å². The van der Waals surface area contributed by atoms with Crippen LogP contribution in [-0.4, -0.2) is 9.78 Å². The molecule has 0 unspecified atom stereocenters. The van der Waals surface area contributed by atoms with Crippen molar-refractivity contribution in [3.05, 3.63) is 57.2 Å². The van der Waals surface area contributed by atoms with E-state index in [1.807, 2.05) is 49.8 Å². The molecule has 2 heterocycles. The van der Waals surface area contributed by atoms with Crippen molar-refractivity contribution in [3.8, 4) is 5.75 Å². The SMILES string of the molecule is CCn1ccc(COc2cc(C)cc3oc(=O)c(C)c(C)c23)n1. The molecule has 0 aliphatic carbocycles. The second kappa shape index (κ2) is 5.91. The Hall–Kier alpha value is -2.56. The van der Waals surface area contributed by atoms with Crippen LogP contribution in [0.15, 0.2) is 33.6 Å². The summed E-state index contributed by atoms with van der Waals surface area (Å²) < 4.78 is 13.3. The van der Waals surface area contributed by atoms with Crippen LogP contribution in [0.4, 0.5) is 0 Å². The fraction of sp³-hybridized carbons (Fsp3) is 0.333. The quantitative estimate of drug-likeness (QED) is 0.692. The number of nitrogens with zero attached hydrogens (tertiary/aromatic N) is 2. The fourth-order valence-electron chi connectivity index (χ4n) is 2.61. The molecule has 5 heteroatoms. The summed E-state index contributed by atoms with van der Waals surface area (Å²) in [6.07, 6.45) is 1.93. The molecule has 1 aromatic carbocycles. The number of rotatable bonds is 4. The Morgan fingerprint density at radius 1 is 1.22 bits per heavy atom. The highest BCUT2D eigenvalue weighted by molar-refractivity contribution is 5.88. The average molecular weight is 312 g/mol. The molecule has 0 radical (unpaired) electrons. The highest BCUT2D eigenvalue weighted by atomic mass is 16.5. The van der Waals surface area contributed by atoms with Gasteiger partial charge in [0.15, 0.2) is 0 Å². The van der Waals surface area contributed by atoms with E-state index in [-0.39, 0.29) is 5.63 Å². The van der Waals surface area contributed by atoms with E-state index in [4.69, 9.17) is 9.15 Å². The third-order valence-corrected chi connectivity index (χ3v) is 4.05. The Labute approximate surface area is 134 Å². The van der Waals surface area contributed by atoms with Gasteiger partial charge in [-0.1, -0.05) is 0 Å². The van der Waals surface area contributed by atoms with E-state index in [1.54, 1.807) is 6.92 Å². The number of aromatic nitrogens is 2. The molecule has 120 valence electrons. The zero-order chi connectivity index (χ0) is 16.6. The first-order chi connectivity index (χ1) is 11.0. The normalized spacial score (nSPS) is 11.1. The molecule has 0 fully saturated rings. The van der Waals surface area contributed by atoms with Gasteiger partial charge < -0.3 is 9.15 Å². The lowest BCUT2D eigenvalue weighted by Gasteiger charge is -2.12. The molecular weight excluding hydrogens is 292 g/mol. The number of benzene rings is 1. The molecule has 0 N–H and O–H groups in total. The summed E-state index contributed by atoms with van der Waals surface area (Å²) in [4.78, 5) is 11.9. The first-order valence-electron chi connectivity index (χ1n) is 7.69. The first-order valence-corrected chi connectivity index (χ1v) is 7.69. The predicted molar refractivity (Wildman–Crippen MR) is 88.9 cm³/mol. The maximum Gasteiger partial charge on any atom is 0.339 e. The van der Waals surface area contributed by atoms with Crippen LogP contribution in [0, 0.1) is 20.8 Å². The van der Waals surface area contributed by atoms with Gasteiger partial charge >= 0.3 is 5.63 Å². The van der Waals surface area contributed by atoms with Gasteiger partial charge in [0, 0.05) is 18.3 Å². The summed E-state index contributed by atoms with van der Waals surface area (Å²) in [6.45, 7) is 8.89. The Morgan fingerprint density at radius 2 is 2.00 bits per heavy atom. The van der Waals surface area contributed by atoms with Crippen LogP contribution in [0.1, 0.15) is 29.3 Å². The van der Waals surface area contributed by atoms with Gasteiger partial charge in [-0.3, -0.25) is 4.68 Å². The molecular formula is C18H20N2O3. The van der Waals surface area contributed by atoms with Gasteiger partial charge in [0.05, 0.1) is 11.1 Å². The molecule has 0 aliphatic heterocycles. The fourth-order valence-corrected chi connectivity index (χ4v) is 2.61. The molecule has 3 rings (SSSR count). The van der Waals surface area contributed by atoms with Gasteiger partial charge in [-0.15, -0.1) is 0 Å². The topological polar surface area (TPSA) is 57.3 Å². The molecule has 0 saturated carbocycles. The summed E-state index contributed by atoms with van der Waals surface area (Å²) >= 11 is 0. The second-order valence-corrected chi connectivity index (χ2v) is 5.73. The number of aryl methyl sites for hydroxylation is 3. The largest absolute Gasteiger partial charge is 0.486 e. The highest BCUT2D eigenvalue weighted by Gasteiger charge is 2.14. The Bertz CT molecular complexity index is 922. The van der Waals surface area contributed by atoms with Crippen molar-refractivity contribution in [2.75, 3.05) is 0 Å². The Balaban J connectivity index is 2.02. The van der Waals surface area contributed by atoms with Crippen LogP contribution in [0.2, 0.25) is 0 Å². The van der Waals surface area contributed by atoms with Gasteiger partial charge in [-0.25, -0.2) is 4.79 Å². The van der Waals surface area contributed by atoms with Crippen molar-refractivity contribution in [2.45, 2.75) is 40.8 Å². The number of fused-ring (bicyclic) bond motifs is 1. The van der Waals surface area contributed by atoms with E-state index in [2.05, 4.69) is 5.10 Å². The Kier molecular flexibility index (Phi) is 3.94. The highest BCUT2D eigenvalue weighted by Crippen LogP contribution is 2.31. The minimum absolute atomic E-state index is 0.298. The van der Waals surface area contributed by atoms with Gasteiger partial charge in [-0.2, -0.15) is 5.10 Å². The van der Waals surface area contributed by atoms with Crippen molar-refractivity contribution in [3.63, 3.8) is 0 Å². The van der Waals surface area contributed by atoms with Crippen molar-refractivity contribution >= 4 is 11.0 Å². The number of hydrogen-bond donors (Lipinski definition) is 0. The minimum Gasteiger partial charge on any atom is -0.486 e. The second-order valence-electron chi connectivity index (χ2n) is 5.73. The lowest BCUT2D eigenvalue weighted by atomic mass is 10.0. The van der Waals surface area contributed by atoms with Gasteiger partial charge in [0.25, 0.3) is 0 Å². The molecule has 0 bridgehead atoms. The zero-order valence-corrected chi connectivity index (χ0v) is 13.8. The molecule has 0 spiro atoms. The minimum atomic E-state index is -0.298. The molecule has 0 aliphatic rings. The van der Waals surface area contributed by atoms with Crippen LogP contribution in [0.5, 0.6) is 5.75 Å². The van der Waals surface area contributed by atoms with Crippen LogP contribution in [-0.2, 0) is 13.2 Å². The molecule has 0 saturated heterocycles. The van der Waals surface area contributed by atoms with Gasteiger partial charge in [0.2, 0.25) is 0 Å². The summed E-state index contributed by atoms with van der Waals surface area (Å²) in [7, 11) is 0. The van der Waals surface area contributed by atoms with Crippen molar-refractivity contribution in [2.24, 2.45) is 0 Å². The molecule has 0 amide bonds. The van der Waals surface area contributed by atoms with Crippen molar-refractivity contribution in [1.82, 2.24) is 9.78 Å². The summed E-state index contributed by atoms with van der Waals surface area (Å²) in [5, 5.41) is 5.27. The summed E-state index contributed by atoms with van der Waals surface area (Å²) in [6, 6.07) is 5.77. The van der Waals surface area contributed by atoms with E-state index in [9.17, 15) is 4.79 Å². The summed E-state index contributed by atoms with van der Waals surface area (Å²) in [5.74, 6) is 0.718. The van der Waals surface area contributed by atoms with Gasteiger partial charge in [-0.05, 0) is 57.0 Å². The van der Waals surface area contributed by atoms with Crippen LogP contribution < -0.4 is 10.4 Å². The van der Waals surface area contributed by atoms with E-state index >= 15 is 0 Å². The van der Waals surface area contributed by atoms with Crippen LogP contribution >= 0.6 is 0 Å². The maximum atomic E-state index is 11.9. The molecule has 3 aromatic rings. The smallest absolute Gasteiger partial charge is 0.339 e. The van der Waals surface area contributed by atoms with Crippen LogP contribution in [0.3, 0.4) is 0 Å². The number of ether oxygens (including phenoxy) is 1. The molecule has 23 heavy (non-hydrogen) atoms. The maximum absolute atomic E-state index is 11.9. The molecule has 5 nitrogen and oxygen atoms in total. The standard InChI is InChI=1S/C18H20N2O3/c1-5-20-7-6-14(19-20)10-22-15-8-11(2)9-16-17(15)12(3)13(4)18(21)23-16/h6-9H,5,10H2,1-4H3. The van der Waals surface area contributed by atoms with Crippen molar-refractivity contribution < 1.29 is 9.15 Å². The third kappa shape index (κ3) is 2.86. The van der Waals surface area contributed by atoms with Crippen molar-refractivity contribution in [1.29, 1.82) is 0 Å². The predicted octanol–water partition coefficient (Wildman–Crippen LogP) is 3.51. The monoisotopic (exact) mass is 312 g/mol. The molecule has 0 atom stereocenters. The summed E-state index contributed by atoms with van der Waals surface area (Å²) in [5.41, 5.74) is 3.62. The zero-order valence-electron chi connectivity index (χ0n) is 13.8. The van der Waals surface area contributed by atoms with Gasteiger partial charge in [0.1, 0.15) is 17.9 Å². The van der Waals surface area contributed by atoms with E-state index in [1.165, 1.54) is 0 Å². The first kappa shape index (κ1) is 15.3.